The fourth-order valence-corrected chi connectivity index (χ4v) is 1.44. The van der Waals surface area contributed by atoms with E-state index in [0.717, 1.165) is 10.8 Å². The van der Waals surface area contributed by atoms with Crippen molar-refractivity contribution >= 4 is 22.6 Å². The van der Waals surface area contributed by atoms with Crippen LogP contribution in [0.4, 0.5) is 0 Å². The van der Waals surface area contributed by atoms with Gasteiger partial charge < -0.3 is 5.11 Å². The first-order valence-corrected chi connectivity index (χ1v) is 4.69. The molecule has 0 aliphatic carbocycles. The summed E-state index contributed by atoms with van der Waals surface area (Å²) in [5.41, 5.74) is 1.20. The zero-order valence-corrected chi connectivity index (χ0v) is 7.71. The smallest absolute Gasteiger partial charge is 0.115 e. The molecule has 54 valence electrons. The van der Waals surface area contributed by atoms with Crippen molar-refractivity contribution in [2.45, 2.75) is 6.42 Å². The number of phenolic OH excluding ortho intramolecular Hbond substituents is 1. The van der Waals surface area contributed by atoms with Gasteiger partial charge in [0.15, 0.2) is 0 Å². The molecule has 1 N–H and O–H groups in total. The lowest BCUT2D eigenvalue weighted by molar-refractivity contribution is 0.474. The van der Waals surface area contributed by atoms with Crippen molar-refractivity contribution in [3.05, 3.63) is 29.8 Å². The van der Waals surface area contributed by atoms with Crippen LogP contribution in [-0.2, 0) is 6.42 Å². The minimum absolute atomic E-state index is 0.363. The van der Waals surface area contributed by atoms with Crippen LogP contribution in [0.15, 0.2) is 24.3 Å². The van der Waals surface area contributed by atoms with Crippen LogP contribution in [0.25, 0.3) is 0 Å². The Morgan fingerprint density at radius 2 is 2.20 bits per heavy atom. The minimum atomic E-state index is 0.363. The second kappa shape index (κ2) is 3.81. The van der Waals surface area contributed by atoms with Crippen molar-refractivity contribution < 1.29 is 5.11 Å². The maximum absolute atomic E-state index is 9.04. The fourth-order valence-electron chi connectivity index (χ4n) is 0.821. The van der Waals surface area contributed by atoms with Gasteiger partial charge in [-0.3, -0.25) is 0 Å². The number of halogens is 1. The van der Waals surface area contributed by atoms with Crippen LogP contribution in [0.2, 0.25) is 0 Å². The largest absolute Gasteiger partial charge is 0.508 e. The molecule has 1 aromatic rings. The average molecular weight is 248 g/mol. The van der Waals surface area contributed by atoms with Crippen molar-refractivity contribution in [2.75, 3.05) is 4.43 Å². The molecule has 0 aliphatic heterocycles. The Hall–Kier alpha value is -0.250. The second-order valence-electron chi connectivity index (χ2n) is 2.11. The van der Waals surface area contributed by atoms with E-state index in [0.29, 0.717) is 5.75 Å². The van der Waals surface area contributed by atoms with Crippen molar-refractivity contribution in [1.29, 1.82) is 0 Å². The van der Waals surface area contributed by atoms with Crippen LogP contribution < -0.4 is 0 Å². The zero-order valence-electron chi connectivity index (χ0n) is 5.55. The number of phenols is 1. The molecule has 0 spiro atoms. The summed E-state index contributed by atoms with van der Waals surface area (Å²) in [6.07, 6.45) is 1.04. The third-order valence-corrected chi connectivity index (χ3v) is 1.83. The van der Waals surface area contributed by atoms with E-state index in [1.54, 1.807) is 12.1 Å². The molecule has 0 radical (unpaired) electrons. The molecule has 0 unspecified atom stereocenters. The Morgan fingerprint density at radius 1 is 1.40 bits per heavy atom. The van der Waals surface area contributed by atoms with Gasteiger partial charge in [-0.1, -0.05) is 34.7 Å². The first kappa shape index (κ1) is 7.85. The third-order valence-electron chi connectivity index (χ3n) is 1.29. The molecule has 0 bridgehead atoms. The van der Waals surface area contributed by atoms with Crippen LogP contribution in [0, 0.1) is 0 Å². The van der Waals surface area contributed by atoms with Crippen LogP contribution in [0.5, 0.6) is 5.75 Å². The van der Waals surface area contributed by atoms with E-state index in [-0.39, 0.29) is 0 Å². The summed E-state index contributed by atoms with van der Waals surface area (Å²) in [4.78, 5) is 0. The SMILES string of the molecule is Oc1cccc(CCI)c1. The highest BCUT2D eigenvalue weighted by molar-refractivity contribution is 14.1. The summed E-state index contributed by atoms with van der Waals surface area (Å²) in [5.74, 6) is 0.363. The van der Waals surface area contributed by atoms with E-state index in [9.17, 15) is 0 Å². The Bertz CT molecular complexity index is 210. The molecule has 10 heavy (non-hydrogen) atoms. The molecule has 0 saturated heterocycles. The van der Waals surface area contributed by atoms with Crippen molar-refractivity contribution in [3.63, 3.8) is 0 Å². The van der Waals surface area contributed by atoms with Crippen LogP contribution in [0.3, 0.4) is 0 Å². The molecular formula is C8H9IO. The number of aromatic hydroxyl groups is 1. The molecule has 2 heteroatoms. The van der Waals surface area contributed by atoms with Gasteiger partial charge in [-0.05, 0) is 24.1 Å². The van der Waals surface area contributed by atoms with Gasteiger partial charge in [0.1, 0.15) is 5.75 Å². The van der Waals surface area contributed by atoms with E-state index in [4.69, 9.17) is 5.11 Å². The summed E-state index contributed by atoms with van der Waals surface area (Å²) in [5, 5.41) is 9.04. The quantitative estimate of drug-likeness (QED) is 0.629. The first-order chi connectivity index (χ1) is 4.83. The first-order valence-electron chi connectivity index (χ1n) is 3.17. The summed E-state index contributed by atoms with van der Waals surface area (Å²) in [7, 11) is 0. The highest BCUT2D eigenvalue weighted by Gasteiger charge is 1.91. The molecule has 0 fully saturated rings. The molecule has 1 aromatic carbocycles. The molecule has 0 aromatic heterocycles. The summed E-state index contributed by atoms with van der Waals surface area (Å²) in [6, 6.07) is 7.39. The third kappa shape index (κ3) is 2.17. The minimum Gasteiger partial charge on any atom is -0.508 e. The second-order valence-corrected chi connectivity index (χ2v) is 3.19. The standard InChI is InChI=1S/C8H9IO/c9-5-4-7-2-1-3-8(10)6-7/h1-3,6,10H,4-5H2. The Labute approximate surface area is 74.2 Å². The molecule has 0 heterocycles. The number of hydrogen-bond donors (Lipinski definition) is 1. The number of aryl methyl sites for hydroxylation is 1. The maximum atomic E-state index is 9.04. The predicted molar refractivity (Wildman–Crippen MR) is 50.7 cm³/mol. The highest BCUT2D eigenvalue weighted by atomic mass is 127. The number of rotatable bonds is 2. The van der Waals surface area contributed by atoms with Gasteiger partial charge in [-0.15, -0.1) is 0 Å². The normalized spacial score (nSPS) is 9.70. The van der Waals surface area contributed by atoms with Crippen molar-refractivity contribution in [1.82, 2.24) is 0 Å². The Morgan fingerprint density at radius 3 is 2.80 bits per heavy atom. The maximum Gasteiger partial charge on any atom is 0.115 e. The van der Waals surface area contributed by atoms with Gasteiger partial charge in [-0.25, -0.2) is 0 Å². The van der Waals surface area contributed by atoms with E-state index in [1.807, 2.05) is 12.1 Å². The van der Waals surface area contributed by atoms with Gasteiger partial charge >= 0.3 is 0 Å². The molecule has 1 rings (SSSR count). The molecule has 0 atom stereocenters. The lowest BCUT2D eigenvalue weighted by Crippen LogP contribution is -1.83. The fraction of sp³-hybridized carbons (Fsp3) is 0.250. The van der Waals surface area contributed by atoms with Crippen LogP contribution in [0.1, 0.15) is 5.56 Å². The number of benzene rings is 1. The molecule has 0 aliphatic rings. The topological polar surface area (TPSA) is 20.2 Å². The van der Waals surface area contributed by atoms with Gasteiger partial charge in [0.25, 0.3) is 0 Å². The lowest BCUT2D eigenvalue weighted by atomic mass is 10.2. The Balaban J connectivity index is 2.75. The van der Waals surface area contributed by atoms with E-state index >= 15 is 0 Å². The monoisotopic (exact) mass is 248 g/mol. The van der Waals surface area contributed by atoms with Crippen LogP contribution >= 0.6 is 22.6 Å². The van der Waals surface area contributed by atoms with Crippen molar-refractivity contribution in [2.24, 2.45) is 0 Å². The van der Waals surface area contributed by atoms with E-state index in [1.165, 1.54) is 5.56 Å². The molecule has 0 saturated carbocycles. The van der Waals surface area contributed by atoms with Gasteiger partial charge in [0, 0.05) is 4.43 Å². The summed E-state index contributed by atoms with van der Waals surface area (Å²) in [6.45, 7) is 0. The number of alkyl halides is 1. The predicted octanol–water partition coefficient (Wildman–Crippen LogP) is 2.37. The highest BCUT2D eigenvalue weighted by Crippen LogP contribution is 2.11. The van der Waals surface area contributed by atoms with E-state index < -0.39 is 0 Å². The van der Waals surface area contributed by atoms with Gasteiger partial charge in [0.05, 0.1) is 0 Å². The van der Waals surface area contributed by atoms with Crippen molar-refractivity contribution in [3.8, 4) is 5.75 Å². The van der Waals surface area contributed by atoms with Gasteiger partial charge in [0.2, 0.25) is 0 Å². The molecule has 1 nitrogen and oxygen atoms in total. The summed E-state index contributed by atoms with van der Waals surface area (Å²) >= 11 is 2.32. The molecular weight excluding hydrogens is 239 g/mol. The Kier molecular flexibility index (Phi) is 2.99. The molecule has 0 amide bonds. The average Bonchev–Trinajstić information content (AvgIpc) is 1.88. The van der Waals surface area contributed by atoms with Crippen LogP contribution in [-0.4, -0.2) is 9.53 Å². The zero-order chi connectivity index (χ0) is 7.40. The lowest BCUT2D eigenvalue weighted by Gasteiger charge is -1.96. The van der Waals surface area contributed by atoms with E-state index in [2.05, 4.69) is 22.6 Å². The summed E-state index contributed by atoms with van der Waals surface area (Å²) < 4.78 is 1.10. The number of hydrogen-bond acceptors (Lipinski definition) is 1. The van der Waals surface area contributed by atoms with Gasteiger partial charge in [-0.2, -0.15) is 0 Å².